The third-order valence-corrected chi connectivity index (χ3v) is 4.33. The number of nitrogens with zero attached hydrogens (tertiary/aromatic N) is 1. The van der Waals surface area contributed by atoms with Crippen LogP contribution in [0.3, 0.4) is 0 Å². The van der Waals surface area contributed by atoms with Crippen LogP contribution in [0.25, 0.3) is 0 Å². The van der Waals surface area contributed by atoms with Gasteiger partial charge in [-0.05, 0) is 38.4 Å². The van der Waals surface area contributed by atoms with Gasteiger partial charge in [0.05, 0.1) is 7.11 Å². The lowest BCUT2D eigenvalue weighted by Crippen LogP contribution is -2.41. The first-order valence-electron chi connectivity index (χ1n) is 7.38. The summed E-state index contributed by atoms with van der Waals surface area (Å²) in [6.45, 7) is 7.62. The van der Waals surface area contributed by atoms with Gasteiger partial charge >= 0.3 is 0 Å². The number of benzene rings is 1. The van der Waals surface area contributed by atoms with Crippen LogP contribution < -0.4 is 4.74 Å². The van der Waals surface area contributed by atoms with Crippen LogP contribution in [0.1, 0.15) is 32.8 Å². The molecule has 0 spiro atoms. The Morgan fingerprint density at radius 1 is 1.35 bits per heavy atom. The molecular formula is C17H29NO2. The number of rotatable bonds is 8. The van der Waals surface area contributed by atoms with Gasteiger partial charge in [0.15, 0.2) is 0 Å². The van der Waals surface area contributed by atoms with Crippen molar-refractivity contribution >= 4 is 0 Å². The molecule has 1 N–H and O–H groups in total. The molecule has 3 heteroatoms. The number of hydrogen-bond acceptors (Lipinski definition) is 3. The lowest BCUT2D eigenvalue weighted by molar-refractivity contribution is 0.0807. The van der Waals surface area contributed by atoms with Crippen LogP contribution in [0, 0.1) is 5.41 Å². The molecule has 0 aliphatic heterocycles. The number of ether oxygens (including phenoxy) is 1. The molecule has 20 heavy (non-hydrogen) atoms. The molecule has 1 rings (SSSR count). The molecule has 0 fully saturated rings. The van der Waals surface area contributed by atoms with Crippen molar-refractivity contribution < 1.29 is 9.84 Å². The van der Waals surface area contributed by atoms with Gasteiger partial charge in [-0.1, -0.05) is 32.0 Å². The van der Waals surface area contributed by atoms with Crippen LogP contribution in [-0.2, 0) is 6.42 Å². The molecule has 0 saturated heterocycles. The van der Waals surface area contributed by atoms with Crippen LogP contribution in [0.2, 0.25) is 0 Å². The van der Waals surface area contributed by atoms with Crippen molar-refractivity contribution in [2.45, 2.75) is 39.7 Å². The maximum atomic E-state index is 9.54. The Morgan fingerprint density at radius 3 is 2.55 bits per heavy atom. The Labute approximate surface area is 123 Å². The number of aliphatic hydroxyl groups excluding tert-OH is 1. The summed E-state index contributed by atoms with van der Waals surface area (Å²) in [6.07, 6.45) is 1.93. The predicted molar refractivity (Wildman–Crippen MR) is 84.3 cm³/mol. The Hall–Kier alpha value is -1.06. The third-order valence-electron chi connectivity index (χ3n) is 4.33. The molecule has 114 valence electrons. The molecule has 0 aliphatic rings. The van der Waals surface area contributed by atoms with E-state index in [2.05, 4.69) is 44.9 Å². The summed E-state index contributed by atoms with van der Waals surface area (Å²) in [5.74, 6) is 0.952. The standard InChI is InChI=1S/C17H29NO2/c1-6-17(3,13-19)12-18(4)14(2)11-15-9-7-8-10-16(15)20-5/h7-10,14,19H,6,11-13H2,1-5H3. The van der Waals surface area contributed by atoms with E-state index < -0.39 is 0 Å². The summed E-state index contributed by atoms with van der Waals surface area (Å²) >= 11 is 0. The first-order valence-corrected chi connectivity index (χ1v) is 7.38. The minimum absolute atomic E-state index is 0.0240. The lowest BCUT2D eigenvalue weighted by Gasteiger charge is -2.34. The van der Waals surface area contributed by atoms with Gasteiger partial charge < -0.3 is 14.7 Å². The first-order chi connectivity index (χ1) is 9.45. The van der Waals surface area contributed by atoms with E-state index in [-0.39, 0.29) is 12.0 Å². The van der Waals surface area contributed by atoms with E-state index in [1.165, 1.54) is 5.56 Å². The number of hydrogen-bond donors (Lipinski definition) is 1. The zero-order chi connectivity index (χ0) is 15.2. The number of para-hydroxylation sites is 1. The van der Waals surface area contributed by atoms with E-state index in [1.807, 2.05) is 12.1 Å². The summed E-state index contributed by atoms with van der Waals surface area (Å²) < 4.78 is 5.41. The van der Waals surface area contributed by atoms with Crippen molar-refractivity contribution in [1.82, 2.24) is 4.90 Å². The van der Waals surface area contributed by atoms with Gasteiger partial charge in [0.25, 0.3) is 0 Å². The van der Waals surface area contributed by atoms with Crippen LogP contribution >= 0.6 is 0 Å². The highest BCUT2D eigenvalue weighted by molar-refractivity contribution is 5.33. The van der Waals surface area contributed by atoms with Crippen LogP contribution in [0.15, 0.2) is 24.3 Å². The van der Waals surface area contributed by atoms with Crippen LogP contribution in [-0.4, -0.2) is 43.4 Å². The summed E-state index contributed by atoms with van der Waals surface area (Å²) in [5.41, 5.74) is 1.21. The molecule has 2 atom stereocenters. The molecule has 0 aromatic heterocycles. The van der Waals surface area contributed by atoms with Gasteiger partial charge in [-0.3, -0.25) is 0 Å². The van der Waals surface area contributed by atoms with Crippen molar-refractivity contribution in [3.05, 3.63) is 29.8 Å². The van der Waals surface area contributed by atoms with Gasteiger partial charge in [0, 0.05) is 24.6 Å². The topological polar surface area (TPSA) is 32.7 Å². The number of methoxy groups -OCH3 is 1. The van der Waals surface area contributed by atoms with Gasteiger partial charge in [-0.25, -0.2) is 0 Å². The van der Waals surface area contributed by atoms with Crippen molar-refractivity contribution in [1.29, 1.82) is 0 Å². The van der Waals surface area contributed by atoms with Crippen molar-refractivity contribution in [2.24, 2.45) is 5.41 Å². The predicted octanol–water partition coefficient (Wildman–Crippen LogP) is 2.97. The molecule has 0 amide bonds. The fourth-order valence-corrected chi connectivity index (χ4v) is 2.38. The molecule has 2 unspecified atom stereocenters. The minimum Gasteiger partial charge on any atom is -0.496 e. The minimum atomic E-state index is -0.0240. The van der Waals surface area contributed by atoms with Crippen LogP contribution in [0.4, 0.5) is 0 Å². The maximum absolute atomic E-state index is 9.54. The normalized spacial score (nSPS) is 15.9. The van der Waals surface area contributed by atoms with E-state index in [4.69, 9.17) is 4.74 Å². The average Bonchev–Trinajstić information content (AvgIpc) is 2.47. The summed E-state index contributed by atoms with van der Waals surface area (Å²) in [5, 5.41) is 9.54. The summed E-state index contributed by atoms with van der Waals surface area (Å²) in [6, 6.07) is 8.58. The Balaban J connectivity index is 2.68. The fraction of sp³-hybridized carbons (Fsp3) is 0.647. The molecule has 0 radical (unpaired) electrons. The first kappa shape index (κ1) is 17.0. The van der Waals surface area contributed by atoms with Crippen molar-refractivity contribution in [3.63, 3.8) is 0 Å². The van der Waals surface area contributed by atoms with Gasteiger partial charge in [0.2, 0.25) is 0 Å². The second-order valence-corrected chi connectivity index (χ2v) is 6.10. The van der Waals surface area contributed by atoms with E-state index in [9.17, 15) is 5.11 Å². The Kier molecular flexibility index (Phi) is 6.50. The lowest BCUT2D eigenvalue weighted by atomic mass is 9.87. The van der Waals surface area contributed by atoms with Gasteiger partial charge in [-0.2, -0.15) is 0 Å². The van der Waals surface area contributed by atoms with Crippen LogP contribution in [0.5, 0.6) is 5.75 Å². The van der Waals surface area contributed by atoms with E-state index in [1.54, 1.807) is 7.11 Å². The number of likely N-dealkylation sites (N-methyl/N-ethyl adjacent to an activating group) is 1. The molecule has 0 saturated carbocycles. The van der Waals surface area contributed by atoms with Crippen molar-refractivity contribution in [3.8, 4) is 5.75 Å². The second-order valence-electron chi connectivity index (χ2n) is 6.10. The molecule has 3 nitrogen and oxygen atoms in total. The second kappa shape index (κ2) is 7.65. The molecule has 0 aliphatic carbocycles. The van der Waals surface area contributed by atoms with E-state index >= 15 is 0 Å². The zero-order valence-corrected chi connectivity index (χ0v) is 13.5. The molecular weight excluding hydrogens is 250 g/mol. The SMILES string of the molecule is CCC(C)(CO)CN(C)C(C)Cc1ccccc1OC. The summed E-state index contributed by atoms with van der Waals surface area (Å²) in [7, 11) is 3.84. The highest BCUT2D eigenvalue weighted by atomic mass is 16.5. The van der Waals surface area contributed by atoms with E-state index in [0.29, 0.717) is 6.04 Å². The zero-order valence-electron chi connectivity index (χ0n) is 13.5. The van der Waals surface area contributed by atoms with Crippen molar-refractivity contribution in [2.75, 3.05) is 27.3 Å². The highest BCUT2D eigenvalue weighted by Crippen LogP contribution is 2.24. The smallest absolute Gasteiger partial charge is 0.122 e. The molecule has 1 aromatic rings. The number of aliphatic hydroxyl groups is 1. The maximum Gasteiger partial charge on any atom is 0.122 e. The monoisotopic (exact) mass is 279 g/mol. The van der Waals surface area contributed by atoms with Gasteiger partial charge in [-0.15, -0.1) is 0 Å². The highest BCUT2D eigenvalue weighted by Gasteiger charge is 2.25. The molecule has 0 heterocycles. The average molecular weight is 279 g/mol. The largest absolute Gasteiger partial charge is 0.496 e. The Morgan fingerprint density at radius 2 is 2.00 bits per heavy atom. The molecule has 0 bridgehead atoms. The van der Waals surface area contributed by atoms with Gasteiger partial charge in [0.1, 0.15) is 5.75 Å². The Bertz CT molecular complexity index is 402. The van der Waals surface area contributed by atoms with E-state index in [0.717, 1.165) is 25.1 Å². The quantitative estimate of drug-likeness (QED) is 0.794. The third kappa shape index (κ3) is 4.50. The molecule has 1 aromatic carbocycles. The fourth-order valence-electron chi connectivity index (χ4n) is 2.38. The summed E-state index contributed by atoms with van der Waals surface area (Å²) in [4.78, 5) is 2.33.